The first-order chi connectivity index (χ1) is 7.63. The van der Waals surface area contributed by atoms with Gasteiger partial charge in [-0.3, -0.25) is 4.79 Å². The third kappa shape index (κ3) is 3.90. The molecule has 0 aliphatic heterocycles. The van der Waals surface area contributed by atoms with E-state index in [0.29, 0.717) is 18.8 Å². The number of benzene rings is 1. The molecule has 0 bridgehead atoms. The van der Waals surface area contributed by atoms with Crippen LogP contribution in [0.5, 0.6) is 5.75 Å². The van der Waals surface area contributed by atoms with E-state index in [1.807, 2.05) is 19.1 Å². The number of aliphatic hydroxyl groups is 1. The molecule has 1 rings (SSSR count). The second-order valence-electron chi connectivity index (χ2n) is 3.59. The Hall–Kier alpha value is -1.55. The van der Waals surface area contributed by atoms with Crippen molar-refractivity contribution in [2.75, 3.05) is 6.61 Å². The van der Waals surface area contributed by atoms with Gasteiger partial charge in [-0.15, -0.1) is 0 Å². The smallest absolute Gasteiger partial charge is 0.303 e. The van der Waals surface area contributed by atoms with Crippen molar-refractivity contribution >= 4 is 5.97 Å². The van der Waals surface area contributed by atoms with Gasteiger partial charge >= 0.3 is 5.97 Å². The first-order valence-corrected chi connectivity index (χ1v) is 5.18. The summed E-state index contributed by atoms with van der Waals surface area (Å²) in [5.74, 6) is -0.101. The van der Waals surface area contributed by atoms with Crippen molar-refractivity contribution < 1.29 is 19.7 Å². The molecule has 4 heteroatoms. The number of carbonyl (C=O) groups is 1. The first kappa shape index (κ1) is 12.5. The zero-order valence-corrected chi connectivity index (χ0v) is 9.27. The zero-order chi connectivity index (χ0) is 12.0. The summed E-state index contributed by atoms with van der Waals surface area (Å²) in [5, 5.41) is 17.4. The molecule has 0 saturated carbocycles. The average Bonchev–Trinajstić information content (AvgIpc) is 2.24. The standard InChI is InChI=1S/C12H16O4/c1-9-7-11(5-4-10(9)8-13)16-6-2-3-12(14)15/h4-5,7,13H,2-3,6,8H2,1H3,(H,14,15). The Labute approximate surface area is 94.5 Å². The molecule has 0 saturated heterocycles. The second kappa shape index (κ2) is 6.12. The van der Waals surface area contributed by atoms with E-state index < -0.39 is 5.97 Å². The number of aliphatic carboxylic acids is 1. The van der Waals surface area contributed by atoms with E-state index in [9.17, 15) is 4.79 Å². The van der Waals surface area contributed by atoms with Crippen molar-refractivity contribution in [2.24, 2.45) is 0 Å². The topological polar surface area (TPSA) is 66.8 Å². The minimum Gasteiger partial charge on any atom is -0.494 e. The van der Waals surface area contributed by atoms with Gasteiger partial charge in [0.2, 0.25) is 0 Å². The van der Waals surface area contributed by atoms with Gasteiger partial charge in [0.1, 0.15) is 5.75 Å². The fraction of sp³-hybridized carbons (Fsp3) is 0.417. The Morgan fingerprint density at radius 1 is 1.44 bits per heavy atom. The van der Waals surface area contributed by atoms with E-state index >= 15 is 0 Å². The van der Waals surface area contributed by atoms with Crippen molar-refractivity contribution in [1.29, 1.82) is 0 Å². The summed E-state index contributed by atoms with van der Waals surface area (Å²) in [6, 6.07) is 5.42. The lowest BCUT2D eigenvalue weighted by Gasteiger charge is -2.08. The van der Waals surface area contributed by atoms with Crippen LogP contribution in [0.3, 0.4) is 0 Å². The lowest BCUT2D eigenvalue weighted by atomic mass is 10.1. The molecule has 0 aliphatic carbocycles. The zero-order valence-electron chi connectivity index (χ0n) is 9.27. The van der Waals surface area contributed by atoms with Crippen LogP contribution >= 0.6 is 0 Å². The third-order valence-corrected chi connectivity index (χ3v) is 2.29. The molecular formula is C12H16O4. The van der Waals surface area contributed by atoms with E-state index in [1.165, 1.54) is 0 Å². The first-order valence-electron chi connectivity index (χ1n) is 5.18. The van der Waals surface area contributed by atoms with Crippen LogP contribution < -0.4 is 4.74 Å². The Morgan fingerprint density at radius 2 is 2.19 bits per heavy atom. The third-order valence-electron chi connectivity index (χ3n) is 2.29. The number of hydrogen-bond acceptors (Lipinski definition) is 3. The van der Waals surface area contributed by atoms with Crippen LogP contribution in [0.2, 0.25) is 0 Å². The van der Waals surface area contributed by atoms with Gasteiger partial charge in [0, 0.05) is 6.42 Å². The summed E-state index contributed by atoms with van der Waals surface area (Å²) < 4.78 is 5.39. The molecule has 1 aromatic carbocycles. The van der Waals surface area contributed by atoms with Crippen molar-refractivity contribution in [3.8, 4) is 5.75 Å². The second-order valence-corrected chi connectivity index (χ2v) is 3.59. The molecule has 0 amide bonds. The summed E-state index contributed by atoms with van der Waals surface area (Å²) in [7, 11) is 0. The minimum absolute atomic E-state index is 0.0190. The number of aliphatic hydroxyl groups excluding tert-OH is 1. The molecule has 0 atom stereocenters. The molecule has 0 aromatic heterocycles. The molecular weight excluding hydrogens is 208 g/mol. The Kier molecular flexibility index (Phi) is 4.79. The fourth-order valence-electron chi connectivity index (χ4n) is 1.35. The summed E-state index contributed by atoms with van der Waals surface area (Å²) in [4.78, 5) is 10.3. The summed E-state index contributed by atoms with van der Waals surface area (Å²) in [6.45, 7) is 2.31. The van der Waals surface area contributed by atoms with Crippen LogP contribution in [0.1, 0.15) is 24.0 Å². The highest BCUT2D eigenvalue weighted by Gasteiger charge is 2.01. The summed E-state index contributed by atoms with van der Waals surface area (Å²) in [6.07, 6.45) is 0.615. The molecule has 0 heterocycles. The molecule has 2 N–H and O–H groups in total. The summed E-state index contributed by atoms with van der Waals surface area (Å²) in [5.41, 5.74) is 1.84. The van der Waals surface area contributed by atoms with Gasteiger partial charge in [-0.1, -0.05) is 6.07 Å². The maximum atomic E-state index is 10.3. The van der Waals surface area contributed by atoms with Crippen molar-refractivity contribution in [2.45, 2.75) is 26.4 Å². The molecule has 0 spiro atoms. The number of hydrogen-bond donors (Lipinski definition) is 2. The van der Waals surface area contributed by atoms with Gasteiger partial charge in [-0.05, 0) is 36.6 Å². The molecule has 0 aliphatic rings. The van der Waals surface area contributed by atoms with E-state index in [4.69, 9.17) is 14.9 Å². The molecule has 0 fully saturated rings. The number of rotatable bonds is 6. The molecule has 16 heavy (non-hydrogen) atoms. The van der Waals surface area contributed by atoms with Gasteiger partial charge in [-0.2, -0.15) is 0 Å². The van der Waals surface area contributed by atoms with Crippen LogP contribution in [0.15, 0.2) is 18.2 Å². The molecule has 88 valence electrons. The van der Waals surface area contributed by atoms with Crippen LogP contribution in [-0.4, -0.2) is 22.8 Å². The summed E-state index contributed by atoms with van der Waals surface area (Å²) >= 11 is 0. The van der Waals surface area contributed by atoms with E-state index in [0.717, 1.165) is 11.1 Å². The highest BCUT2D eigenvalue weighted by Crippen LogP contribution is 2.17. The minimum atomic E-state index is -0.810. The van der Waals surface area contributed by atoms with Crippen molar-refractivity contribution in [3.63, 3.8) is 0 Å². The number of ether oxygens (including phenoxy) is 1. The van der Waals surface area contributed by atoms with Gasteiger partial charge in [-0.25, -0.2) is 0 Å². The molecule has 1 aromatic rings. The number of carboxylic acid groups (broad SMARTS) is 1. The lowest BCUT2D eigenvalue weighted by molar-refractivity contribution is -0.137. The van der Waals surface area contributed by atoms with Gasteiger partial charge in [0.15, 0.2) is 0 Å². The van der Waals surface area contributed by atoms with Crippen LogP contribution in [-0.2, 0) is 11.4 Å². The van der Waals surface area contributed by atoms with Crippen molar-refractivity contribution in [3.05, 3.63) is 29.3 Å². The Bertz CT molecular complexity index is 360. The fourth-order valence-corrected chi connectivity index (χ4v) is 1.35. The van der Waals surface area contributed by atoms with Crippen LogP contribution in [0.4, 0.5) is 0 Å². The largest absolute Gasteiger partial charge is 0.494 e. The predicted octanol–water partition coefficient (Wildman–Crippen LogP) is 1.73. The van der Waals surface area contributed by atoms with E-state index in [-0.39, 0.29) is 13.0 Å². The van der Waals surface area contributed by atoms with Crippen LogP contribution in [0, 0.1) is 6.92 Å². The maximum absolute atomic E-state index is 10.3. The van der Waals surface area contributed by atoms with Gasteiger partial charge < -0.3 is 14.9 Å². The van der Waals surface area contributed by atoms with Crippen LogP contribution in [0.25, 0.3) is 0 Å². The van der Waals surface area contributed by atoms with E-state index in [1.54, 1.807) is 6.07 Å². The maximum Gasteiger partial charge on any atom is 0.303 e. The van der Waals surface area contributed by atoms with Gasteiger partial charge in [0.25, 0.3) is 0 Å². The number of aryl methyl sites for hydroxylation is 1. The van der Waals surface area contributed by atoms with Gasteiger partial charge in [0.05, 0.1) is 13.2 Å². The highest BCUT2D eigenvalue weighted by atomic mass is 16.5. The quantitative estimate of drug-likeness (QED) is 0.722. The Balaban J connectivity index is 2.43. The highest BCUT2D eigenvalue weighted by molar-refractivity contribution is 5.66. The molecule has 4 nitrogen and oxygen atoms in total. The monoisotopic (exact) mass is 224 g/mol. The average molecular weight is 224 g/mol. The SMILES string of the molecule is Cc1cc(OCCCC(=O)O)ccc1CO. The van der Waals surface area contributed by atoms with Crippen molar-refractivity contribution in [1.82, 2.24) is 0 Å². The normalized spacial score (nSPS) is 10.1. The number of carboxylic acids is 1. The molecule has 0 radical (unpaired) electrons. The lowest BCUT2D eigenvalue weighted by Crippen LogP contribution is -2.02. The Morgan fingerprint density at radius 3 is 2.75 bits per heavy atom. The predicted molar refractivity (Wildman–Crippen MR) is 59.5 cm³/mol. The van der Waals surface area contributed by atoms with E-state index in [2.05, 4.69) is 0 Å². The molecule has 0 unspecified atom stereocenters.